The molecule has 32 heavy (non-hydrogen) atoms. The number of benzene rings is 1. The van der Waals surface area contributed by atoms with Gasteiger partial charge < -0.3 is 20.3 Å². The maximum atomic E-state index is 13.7. The number of aromatic hydroxyl groups is 2. The highest BCUT2D eigenvalue weighted by atomic mass is 32.1. The second kappa shape index (κ2) is 7.63. The Balaban J connectivity index is 1.79. The molecule has 166 valence electrons. The number of thiophene rings is 1. The zero-order valence-electron chi connectivity index (χ0n) is 18.2. The third-order valence-corrected chi connectivity index (χ3v) is 7.04. The van der Waals surface area contributed by atoms with E-state index >= 15 is 0 Å². The van der Waals surface area contributed by atoms with Crippen molar-refractivity contribution >= 4 is 28.7 Å². The molecule has 7 nitrogen and oxygen atoms in total. The van der Waals surface area contributed by atoms with E-state index in [0.29, 0.717) is 12.2 Å². The molecule has 2 aromatic rings. The fourth-order valence-corrected chi connectivity index (χ4v) is 4.99. The van der Waals surface area contributed by atoms with Crippen molar-refractivity contribution in [3.8, 4) is 17.2 Å². The summed E-state index contributed by atoms with van der Waals surface area (Å²) in [6, 6.07) is 3.98. The summed E-state index contributed by atoms with van der Waals surface area (Å²) in [5, 5.41) is 26.4. The number of phenols is 2. The van der Waals surface area contributed by atoms with Gasteiger partial charge in [0.1, 0.15) is 34.0 Å². The van der Waals surface area contributed by atoms with E-state index in [-0.39, 0.29) is 39.5 Å². The highest BCUT2D eigenvalue weighted by Gasteiger charge is 2.56. The summed E-state index contributed by atoms with van der Waals surface area (Å²) in [6.07, 6.45) is 1.97. The summed E-state index contributed by atoms with van der Waals surface area (Å²) in [5.41, 5.74) is -1.05. The molecule has 1 aromatic heterocycles. The Morgan fingerprint density at radius 2 is 1.94 bits per heavy atom. The molecule has 2 heterocycles. The van der Waals surface area contributed by atoms with E-state index in [2.05, 4.69) is 5.32 Å². The van der Waals surface area contributed by atoms with Gasteiger partial charge in [-0.05, 0) is 45.6 Å². The quantitative estimate of drug-likeness (QED) is 0.361. The average Bonchev–Trinajstić information content (AvgIpc) is 3.33. The van der Waals surface area contributed by atoms with Crippen LogP contribution in [0, 0.1) is 6.92 Å². The van der Waals surface area contributed by atoms with Crippen LogP contribution in [0.4, 0.5) is 0 Å². The van der Waals surface area contributed by atoms with Gasteiger partial charge in [0.2, 0.25) is 0 Å². The second-order valence-corrected chi connectivity index (χ2v) is 9.17. The van der Waals surface area contributed by atoms with Gasteiger partial charge in [0, 0.05) is 28.8 Å². The van der Waals surface area contributed by atoms with Gasteiger partial charge in [0.05, 0.1) is 11.1 Å². The number of fused-ring (bicyclic) bond motifs is 3. The molecule has 2 aliphatic rings. The monoisotopic (exact) mass is 453 g/mol. The first kappa shape index (κ1) is 21.8. The van der Waals surface area contributed by atoms with Crippen LogP contribution in [0.3, 0.4) is 0 Å². The molecule has 1 aromatic carbocycles. The Morgan fingerprint density at radius 1 is 1.22 bits per heavy atom. The van der Waals surface area contributed by atoms with E-state index in [1.165, 1.54) is 24.8 Å². The molecule has 4 rings (SSSR count). The molecule has 1 atom stereocenters. The molecule has 0 radical (unpaired) electrons. The lowest BCUT2D eigenvalue weighted by molar-refractivity contribution is -0.123. The topological polar surface area (TPSA) is 113 Å². The zero-order valence-corrected chi connectivity index (χ0v) is 19.0. The number of ketones is 3. The van der Waals surface area contributed by atoms with Gasteiger partial charge in [-0.2, -0.15) is 0 Å². The Hall–Kier alpha value is -3.39. The standard InChI is InChI=1S/C24H23NO6S/c1-11-20(28)18(13(3)26)22-19(21(11)29)24(4)16(31-22)10-15(27)17(23(24)30)12(2)25-8-7-14-6-5-9-32-14/h5-6,9-10,25,28-29H,7-8H2,1-4H3/b17-12+/t24-/m0/s1. The highest BCUT2D eigenvalue weighted by Crippen LogP contribution is 2.57. The molecule has 0 saturated carbocycles. The SMILES string of the molecule is CC(=O)c1c(O)c(C)c(O)c2c1OC1=CC(=O)/C(=C(/C)NCCc3cccs3)C(=O)[C@@]12C. The summed E-state index contributed by atoms with van der Waals surface area (Å²) in [4.78, 5) is 39.9. The van der Waals surface area contributed by atoms with E-state index in [1.54, 1.807) is 25.2 Å². The lowest BCUT2D eigenvalue weighted by Crippen LogP contribution is -2.41. The van der Waals surface area contributed by atoms with Crippen LogP contribution in [-0.4, -0.2) is 34.1 Å². The molecule has 0 unspecified atom stereocenters. The fraction of sp³-hybridized carbons (Fsp3) is 0.292. The number of nitrogens with one attached hydrogen (secondary N) is 1. The van der Waals surface area contributed by atoms with Crippen molar-refractivity contribution in [1.29, 1.82) is 0 Å². The number of hydrogen-bond acceptors (Lipinski definition) is 8. The highest BCUT2D eigenvalue weighted by molar-refractivity contribution is 7.09. The molecular weight excluding hydrogens is 430 g/mol. The van der Waals surface area contributed by atoms with E-state index in [0.717, 1.165) is 6.42 Å². The molecule has 0 saturated heterocycles. The first-order valence-corrected chi connectivity index (χ1v) is 11.0. The first-order valence-electron chi connectivity index (χ1n) is 10.1. The van der Waals surface area contributed by atoms with Crippen LogP contribution in [0.2, 0.25) is 0 Å². The molecule has 0 bridgehead atoms. The Kier molecular flexibility index (Phi) is 5.21. The third kappa shape index (κ3) is 3.05. The van der Waals surface area contributed by atoms with Gasteiger partial charge in [0.25, 0.3) is 0 Å². The van der Waals surface area contributed by atoms with E-state index in [1.807, 2.05) is 17.5 Å². The predicted molar refractivity (Wildman–Crippen MR) is 119 cm³/mol. The third-order valence-electron chi connectivity index (χ3n) is 6.10. The van der Waals surface area contributed by atoms with Gasteiger partial charge in [-0.15, -0.1) is 11.3 Å². The van der Waals surface area contributed by atoms with E-state index in [4.69, 9.17) is 4.74 Å². The first-order chi connectivity index (χ1) is 15.1. The van der Waals surface area contributed by atoms with Crippen molar-refractivity contribution in [3.05, 3.63) is 62.2 Å². The largest absolute Gasteiger partial charge is 0.507 e. The zero-order chi connectivity index (χ0) is 23.4. The van der Waals surface area contributed by atoms with Crippen LogP contribution >= 0.6 is 11.3 Å². The number of rotatable bonds is 5. The molecule has 0 fully saturated rings. The van der Waals surface area contributed by atoms with Gasteiger partial charge in [-0.25, -0.2) is 0 Å². The van der Waals surface area contributed by atoms with E-state index < -0.39 is 28.5 Å². The van der Waals surface area contributed by atoms with Crippen molar-refractivity contribution < 1.29 is 29.3 Å². The molecule has 1 aliphatic heterocycles. The van der Waals surface area contributed by atoms with Crippen LogP contribution in [0.25, 0.3) is 0 Å². The van der Waals surface area contributed by atoms with Crippen molar-refractivity contribution in [2.45, 2.75) is 39.5 Å². The molecule has 0 spiro atoms. The summed E-state index contributed by atoms with van der Waals surface area (Å²) in [7, 11) is 0. The minimum absolute atomic E-state index is 0.0200. The minimum atomic E-state index is -1.50. The van der Waals surface area contributed by atoms with Gasteiger partial charge in [0.15, 0.2) is 17.3 Å². The van der Waals surface area contributed by atoms with Gasteiger partial charge in [-0.3, -0.25) is 14.4 Å². The number of Topliss-reactive ketones (excluding diaryl/α,β-unsaturated/α-hetero) is 2. The maximum Gasteiger partial charge on any atom is 0.194 e. The smallest absolute Gasteiger partial charge is 0.194 e. The number of ether oxygens (including phenoxy) is 1. The number of phenolic OH excluding ortho intramolecular Hbond substituents is 2. The fourth-order valence-electron chi connectivity index (χ4n) is 4.28. The summed E-state index contributed by atoms with van der Waals surface area (Å²) in [6.45, 7) is 6.48. The number of hydrogen-bond donors (Lipinski definition) is 3. The van der Waals surface area contributed by atoms with Crippen molar-refractivity contribution in [3.63, 3.8) is 0 Å². The summed E-state index contributed by atoms with van der Waals surface area (Å²) in [5.74, 6) is -2.32. The summed E-state index contributed by atoms with van der Waals surface area (Å²) < 4.78 is 5.76. The lowest BCUT2D eigenvalue weighted by atomic mass is 9.70. The Morgan fingerprint density at radius 3 is 2.56 bits per heavy atom. The normalized spacial score (nSPS) is 20.9. The number of carbonyl (C=O) groups excluding carboxylic acids is 3. The van der Waals surface area contributed by atoms with Gasteiger partial charge in [-0.1, -0.05) is 6.07 Å². The summed E-state index contributed by atoms with van der Waals surface area (Å²) >= 11 is 1.63. The number of carbonyl (C=O) groups is 3. The second-order valence-electron chi connectivity index (χ2n) is 8.14. The lowest BCUT2D eigenvalue weighted by Gasteiger charge is -2.29. The maximum absolute atomic E-state index is 13.7. The van der Waals surface area contributed by atoms with Crippen molar-refractivity contribution in [1.82, 2.24) is 5.32 Å². The molecule has 8 heteroatoms. The van der Waals surface area contributed by atoms with Crippen LogP contribution < -0.4 is 10.1 Å². The molecular formula is C24H23NO6S. The molecule has 3 N–H and O–H groups in total. The Bertz CT molecular complexity index is 1240. The van der Waals surface area contributed by atoms with Crippen LogP contribution in [0.1, 0.15) is 47.1 Å². The van der Waals surface area contributed by atoms with Crippen LogP contribution in [0.15, 0.2) is 40.6 Å². The molecule has 1 aliphatic carbocycles. The Labute approximate surface area is 189 Å². The van der Waals surface area contributed by atoms with Crippen molar-refractivity contribution in [2.75, 3.05) is 6.54 Å². The minimum Gasteiger partial charge on any atom is -0.507 e. The van der Waals surface area contributed by atoms with E-state index in [9.17, 15) is 24.6 Å². The average molecular weight is 454 g/mol. The predicted octanol–water partition coefficient (Wildman–Crippen LogP) is 3.46. The van der Waals surface area contributed by atoms with Crippen molar-refractivity contribution in [2.24, 2.45) is 0 Å². The number of allylic oxidation sites excluding steroid dienone is 4. The van der Waals surface area contributed by atoms with Crippen LogP contribution in [-0.2, 0) is 21.4 Å². The molecule has 0 amide bonds. The van der Waals surface area contributed by atoms with Gasteiger partial charge >= 0.3 is 0 Å². The van der Waals surface area contributed by atoms with Crippen LogP contribution in [0.5, 0.6) is 17.2 Å².